The highest BCUT2D eigenvalue weighted by Crippen LogP contribution is 2.29. The van der Waals surface area contributed by atoms with Crippen molar-refractivity contribution in [3.8, 4) is 11.3 Å². The monoisotopic (exact) mass is 390 g/mol. The van der Waals surface area contributed by atoms with Crippen molar-refractivity contribution in [3.05, 3.63) is 57.8 Å². The number of fused-ring (bicyclic) bond motifs is 2. The van der Waals surface area contributed by atoms with Crippen LogP contribution in [0.1, 0.15) is 5.69 Å². The van der Waals surface area contributed by atoms with Crippen molar-refractivity contribution in [1.82, 2.24) is 19.4 Å². The Morgan fingerprint density at radius 3 is 2.83 bits per heavy atom. The third-order valence-electron chi connectivity index (χ3n) is 3.50. The number of halogens is 3. The van der Waals surface area contributed by atoms with Crippen LogP contribution in [0.2, 0.25) is 5.02 Å². The molecule has 0 radical (unpaired) electrons. The Kier molecular flexibility index (Phi) is 3.32. The largest absolute Gasteiger partial charge is 0.304 e. The summed E-state index contributed by atoms with van der Waals surface area (Å²) in [6.07, 6.45) is 5.19. The summed E-state index contributed by atoms with van der Waals surface area (Å²) < 4.78 is 16.7. The third-order valence-corrected chi connectivity index (χ3v) is 4.25. The van der Waals surface area contributed by atoms with E-state index in [0.717, 1.165) is 15.6 Å². The first-order valence-corrected chi connectivity index (χ1v) is 7.95. The maximum atomic E-state index is 14.2. The Morgan fingerprint density at radius 1 is 1.17 bits per heavy atom. The van der Waals surface area contributed by atoms with Crippen molar-refractivity contribution >= 4 is 44.2 Å². The number of hydrogen-bond acceptors (Lipinski definition) is 3. The molecular weight excluding hydrogens is 383 g/mol. The first-order valence-electron chi connectivity index (χ1n) is 6.78. The van der Waals surface area contributed by atoms with Gasteiger partial charge in [0, 0.05) is 34.0 Å². The molecule has 4 aromatic rings. The summed E-state index contributed by atoms with van der Waals surface area (Å²) in [5.74, 6) is -0.405. The fourth-order valence-corrected chi connectivity index (χ4v) is 3.08. The molecule has 4 nitrogen and oxygen atoms in total. The molecule has 23 heavy (non-hydrogen) atoms. The Bertz CT molecular complexity index is 1080. The zero-order valence-corrected chi connectivity index (χ0v) is 14.2. The number of rotatable bonds is 1. The Labute approximate surface area is 144 Å². The van der Waals surface area contributed by atoms with E-state index < -0.39 is 5.82 Å². The van der Waals surface area contributed by atoms with E-state index in [4.69, 9.17) is 11.6 Å². The van der Waals surface area contributed by atoms with Gasteiger partial charge in [0.25, 0.3) is 0 Å². The Balaban J connectivity index is 1.96. The zero-order valence-electron chi connectivity index (χ0n) is 11.9. The van der Waals surface area contributed by atoms with Crippen LogP contribution in [-0.2, 0) is 0 Å². The van der Waals surface area contributed by atoms with E-state index in [0.29, 0.717) is 27.6 Å². The molecule has 0 atom stereocenters. The van der Waals surface area contributed by atoms with E-state index >= 15 is 0 Å². The van der Waals surface area contributed by atoms with Gasteiger partial charge < -0.3 is 4.40 Å². The van der Waals surface area contributed by atoms with E-state index in [1.54, 1.807) is 29.1 Å². The number of hydrogen-bond donors (Lipinski definition) is 0. The minimum atomic E-state index is -0.405. The highest BCUT2D eigenvalue weighted by molar-refractivity contribution is 9.10. The molecule has 0 bridgehead atoms. The van der Waals surface area contributed by atoms with Crippen molar-refractivity contribution in [1.29, 1.82) is 0 Å². The van der Waals surface area contributed by atoms with E-state index in [-0.39, 0.29) is 0 Å². The number of aromatic nitrogens is 4. The third kappa shape index (κ3) is 2.48. The maximum absolute atomic E-state index is 14.2. The molecular formula is C16H9BrClFN4. The second kappa shape index (κ2) is 5.25. The molecule has 114 valence electrons. The maximum Gasteiger partial charge on any atom is 0.173 e. The van der Waals surface area contributed by atoms with Crippen LogP contribution >= 0.6 is 27.5 Å². The lowest BCUT2D eigenvalue weighted by molar-refractivity contribution is 0.630. The lowest BCUT2D eigenvalue weighted by Crippen LogP contribution is -1.94. The molecule has 0 N–H and O–H groups in total. The van der Waals surface area contributed by atoms with Gasteiger partial charge in [0.05, 0.1) is 16.4 Å². The van der Waals surface area contributed by atoms with Crippen molar-refractivity contribution in [3.63, 3.8) is 0 Å². The van der Waals surface area contributed by atoms with Gasteiger partial charge in [-0.2, -0.15) is 0 Å². The number of pyridine rings is 3. The normalized spacial score (nSPS) is 11.5. The summed E-state index contributed by atoms with van der Waals surface area (Å²) in [6, 6.07) is 4.97. The standard InChI is InChI=1S/C16H9BrClFN4/c1-8-6-23-7-9(2-13(19)16(23)21-8)14-4-12(18)11-3-10(17)5-20-15(11)22-14/h2-7H,1H3. The van der Waals surface area contributed by atoms with Gasteiger partial charge in [-0.1, -0.05) is 11.6 Å². The fraction of sp³-hybridized carbons (Fsp3) is 0.0625. The van der Waals surface area contributed by atoms with Gasteiger partial charge >= 0.3 is 0 Å². The van der Waals surface area contributed by atoms with Gasteiger partial charge in [-0.25, -0.2) is 19.3 Å². The highest BCUT2D eigenvalue weighted by Gasteiger charge is 2.12. The van der Waals surface area contributed by atoms with Crippen molar-refractivity contribution in [2.24, 2.45) is 0 Å². The molecule has 0 aliphatic heterocycles. The summed E-state index contributed by atoms with van der Waals surface area (Å²) in [5, 5.41) is 1.26. The van der Waals surface area contributed by atoms with Crippen LogP contribution in [0, 0.1) is 12.7 Å². The Morgan fingerprint density at radius 2 is 2.00 bits per heavy atom. The zero-order chi connectivity index (χ0) is 16.1. The highest BCUT2D eigenvalue weighted by atomic mass is 79.9. The van der Waals surface area contributed by atoms with Gasteiger partial charge in [0.2, 0.25) is 0 Å². The summed E-state index contributed by atoms with van der Waals surface area (Å²) in [4.78, 5) is 12.9. The molecule has 7 heteroatoms. The molecule has 0 aliphatic rings. The average molecular weight is 392 g/mol. The second-order valence-corrected chi connectivity index (χ2v) is 6.53. The minimum Gasteiger partial charge on any atom is -0.304 e. The molecule has 0 saturated carbocycles. The van der Waals surface area contributed by atoms with E-state index in [1.807, 2.05) is 13.0 Å². The first-order chi connectivity index (χ1) is 11.0. The van der Waals surface area contributed by atoms with E-state index in [9.17, 15) is 4.39 Å². The minimum absolute atomic E-state index is 0.292. The fourth-order valence-electron chi connectivity index (χ4n) is 2.51. The van der Waals surface area contributed by atoms with Gasteiger partial charge in [0.1, 0.15) is 0 Å². The van der Waals surface area contributed by atoms with Crippen LogP contribution in [0.15, 0.2) is 41.3 Å². The van der Waals surface area contributed by atoms with Crippen LogP contribution in [-0.4, -0.2) is 19.4 Å². The molecule has 0 amide bonds. The second-order valence-electron chi connectivity index (χ2n) is 5.20. The average Bonchev–Trinajstić information content (AvgIpc) is 2.89. The Hall–Kier alpha value is -2.05. The molecule has 0 aromatic carbocycles. The SMILES string of the molecule is Cc1cn2cc(-c3cc(Cl)c4cc(Br)cnc4n3)cc(F)c2n1. The molecule has 4 heterocycles. The predicted molar refractivity (Wildman–Crippen MR) is 91.1 cm³/mol. The molecule has 0 aliphatic carbocycles. The van der Waals surface area contributed by atoms with Gasteiger partial charge in [-0.3, -0.25) is 0 Å². The van der Waals surface area contributed by atoms with Crippen molar-refractivity contribution in [2.45, 2.75) is 6.92 Å². The summed E-state index contributed by atoms with van der Waals surface area (Å²) in [5.41, 5.74) is 2.72. The molecule has 0 saturated heterocycles. The van der Waals surface area contributed by atoms with Crippen LogP contribution in [0.3, 0.4) is 0 Å². The van der Waals surface area contributed by atoms with Crippen LogP contribution in [0.4, 0.5) is 4.39 Å². The lowest BCUT2D eigenvalue weighted by Gasteiger charge is -2.06. The molecule has 0 unspecified atom stereocenters. The number of aryl methyl sites for hydroxylation is 1. The predicted octanol–water partition coefficient (Wildman–Crippen LogP) is 4.81. The van der Waals surface area contributed by atoms with Gasteiger partial charge in [0.15, 0.2) is 17.1 Å². The van der Waals surface area contributed by atoms with Crippen LogP contribution in [0.25, 0.3) is 27.9 Å². The van der Waals surface area contributed by atoms with Crippen LogP contribution < -0.4 is 0 Å². The summed E-state index contributed by atoms with van der Waals surface area (Å²) >= 11 is 9.69. The topological polar surface area (TPSA) is 43.1 Å². The quantitative estimate of drug-likeness (QED) is 0.468. The molecule has 0 spiro atoms. The summed E-state index contributed by atoms with van der Waals surface area (Å²) in [6.45, 7) is 1.82. The molecule has 0 fully saturated rings. The lowest BCUT2D eigenvalue weighted by atomic mass is 10.1. The van der Waals surface area contributed by atoms with E-state index in [1.165, 1.54) is 6.07 Å². The number of imidazole rings is 1. The smallest absolute Gasteiger partial charge is 0.173 e. The molecule has 4 aromatic heterocycles. The summed E-state index contributed by atoms with van der Waals surface area (Å²) in [7, 11) is 0. The first kappa shape index (κ1) is 14.5. The van der Waals surface area contributed by atoms with E-state index in [2.05, 4.69) is 30.9 Å². The van der Waals surface area contributed by atoms with Gasteiger partial charge in [-0.05, 0) is 41.1 Å². The van der Waals surface area contributed by atoms with Gasteiger partial charge in [-0.15, -0.1) is 0 Å². The van der Waals surface area contributed by atoms with Crippen molar-refractivity contribution in [2.75, 3.05) is 0 Å². The van der Waals surface area contributed by atoms with Crippen LogP contribution in [0.5, 0.6) is 0 Å². The molecule has 4 rings (SSSR count). The number of nitrogens with zero attached hydrogens (tertiary/aromatic N) is 4. The van der Waals surface area contributed by atoms with Crippen molar-refractivity contribution < 1.29 is 4.39 Å².